The molecule has 1 aromatic rings. The average Bonchev–Trinajstić information content (AvgIpc) is 2.51. The lowest BCUT2D eigenvalue weighted by molar-refractivity contribution is -0.139. The highest BCUT2D eigenvalue weighted by atomic mass is 19.4. The van der Waals surface area contributed by atoms with Gasteiger partial charge in [-0.2, -0.15) is 13.2 Å². The fourth-order valence-electron chi connectivity index (χ4n) is 4.10. The summed E-state index contributed by atoms with van der Waals surface area (Å²) in [5.41, 5.74) is -0.180. The van der Waals surface area contributed by atoms with Gasteiger partial charge in [0, 0.05) is 6.54 Å². The molecule has 1 saturated heterocycles. The van der Waals surface area contributed by atoms with E-state index in [9.17, 15) is 13.2 Å². The number of hydrogen-bond donors (Lipinski definition) is 0. The van der Waals surface area contributed by atoms with Gasteiger partial charge < -0.3 is 9.64 Å². The number of para-hydroxylation sites is 1. The molecule has 0 aromatic heterocycles. The normalized spacial score (nSPS) is 21.8. The van der Waals surface area contributed by atoms with Crippen LogP contribution in [0, 0.1) is 11.3 Å². The van der Waals surface area contributed by atoms with Crippen LogP contribution in [0.4, 0.5) is 13.2 Å². The predicted molar refractivity (Wildman–Crippen MR) is 92.7 cm³/mol. The number of rotatable bonds is 6. The molecule has 0 radical (unpaired) electrons. The van der Waals surface area contributed by atoms with Crippen molar-refractivity contribution in [3.8, 4) is 5.75 Å². The number of halogens is 3. The maximum absolute atomic E-state index is 12.9. The van der Waals surface area contributed by atoms with Crippen LogP contribution >= 0.6 is 0 Å². The van der Waals surface area contributed by atoms with Gasteiger partial charge in [0.25, 0.3) is 0 Å². The lowest BCUT2D eigenvalue weighted by atomic mass is 9.62. The van der Waals surface area contributed by atoms with Crippen LogP contribution in [0.3, 0.4) is 0 Å². The van der Waals surface area contributed by atoms with Crippen LogP contribution < -0.4 is 4.74 Å². The van der Waals surface area contributed by atoms with Gasteiger partial charge in [-0.1, -0.05) is 25.5 Å². The molecule has 1 aromatic carbocycles. The molecular weight excluding hydrogens is 327 g/mol. The first-order valence-corrected chi connectivity index (χ1v) is 9.40. The van der Waals surface area contributed by atoms with Gasteiger partial charge in [0.15, 0.2) is 0 Å². The highest BCUT2D eigenvalue weighted by Gasteiger charge is 2.39. The van der Waals surface area contributed by atoms with Crippen LogP contribution in [-0.4, -0.2) is 31.1 Å². The van der Waals surface area contributed by atoms with E-state index >= 15 is 0 Å². The number of piperidine rings is 1. The molecule has 5 heteroatoms. The Morgan fingerprint density at radius 1 is 1.16 bits per heavy atom. The Kier molecular flexibility index (Phi) is 5.62. The predicted octanol–water partition coefficient (Wildman–Crippen LogP) is 5.38. The molecule has 0 amide bonds. The molecule has 0 bridgehead atoms. The summed E-state index contributed by atoms with van der Waals surface area (Å²) in [6.07, 6.45) is 3.05. The Morgan fingerprint density at radius 3 is 2.44 bits per heavy atom. The molecule has 0 unspecified atom stereocenters. The molecule has 2 nitrogen and oxygen atoms in total. The van der Waals surface area contributed by atoms with Crippen molar-refractivity contribution in [2.24, 2.45) is 11.3 Å². The largest absolute Gasteiger partial charge is 0.493 e. The van der Waals surface area contributed by atoms with E-state index in [1.165, 1.54) is 44.2 Å². The number of ether oxygens (including phenoxy) is 1. The van der Waals surface area contributed by atoms with Crippen molar-refractivity contribution in [1.29, 1.82) is 0 Å². The molecule has 2 aliphatic rings. The number of likely N-dealkylation sites (tertiary alicyclic amines) is 1. The average molecular weight is 355 g/mol. The van der Waals surface area contributed by atoms with E-state index in [0.717, 1.165) is 38.0 Å². The zero-order chi connectivity index (χ0) is 17.9. The van der Waals surface area contributed by atoms with Gasteiger partial charge >= 0.3 is 6.18 Å². The second-order valence-corrected chi connectivity index (χ2v) is 7.82. The second-order valence-electron chi connectivity index (χ2n) is 7.82. The maximum atomic E-state index is 12.9. The molecule has 3 rings (SSSR count). The van der Waals surface area contributed by atoms with Crippen LogP contribution in [0.25, 0.3) is 0 Å². The van der Waals surface area contributed by atoms with E-state index in [4.69, 9.17) is 4.74 Å². The second kappa shape index (κ2) is 7.56. The van der Waals surface area contributed by atoms with E-state index in [0.29, 0.717) is 12.0 Å². The molecule has 0 spiro atoms. The van der Waals surface area contributed by atoms with Gasteiger partial charge in [0.05, 0.1) is 12.2 Å². The maximum Gasteiger partial charge on any atom is 0.419 e. The Hall–Kier alpha value is -1.23. The van der Waals surface area contributed by atoms with Crippen molar-refractivity contribution in [3.63, 3.8) is 0 Å². The molecule has 1 saturated carbocycles. The van der Waals surface area contributed by atoms with Crippen molar-refractivity contribution in [2.75, 3.05) is 26.2 Å². The standard InChI is InChI=1S/C20H28F3NO/c1-19(16-6-4-7-16)10-13-24(14-11-19)12-5-15-25-18-9-3-2-8-17(18)20(21,22)23/h2-3,8-9,16H,4-7,10-15H2,1H3. The first-order chi connectivity index (χ1) is 11.9. The summed E-state index contributed by atoms with van der Waals surface area (Å²) in [4.78, 5) is 2.43. The SMILES string of the molecule is CC1(C2CCC2)CCN(CCCOc2ccccc2C(F)(F)F)CC1. The Morgan fingerprint density at radius 2 is 1.84 bits per heavy atom. The molecule has 1 aliphatic carbocycles. The first kappa shape index (κ1) is 18.6. The number of nitrogens with zero attached hydrogens (tertiary/aromatic N) is 1. The van der Waals surface area contributed by atoms with Crippen LogP contribution in [0.15, 0.2) is 24.3 Å². The van der Waals surface area contributed by atoms with E-state index in [1.807, 2.05) is 0 Å². The van der Waals surface area contributed by atoms with Gasteiger partial charge in [0.2, 0.25) is 0 Å². The van der Waals surface area contributed by atoms with Gasteiger partial charge in [-0.25, -0.2) is 0 Å². The topological polar surface area (TPSA) is 12.5 Å². The summed E-state index contributed by atoms with van der Waals surface area (Å²) in [7, 11) is 0. The van der Waals surface area contributed by atoms with Crippen LogP contribution in [0.2, 0.25) is 0 Å². The van der Waals surface area contributed by atoms with Crippen molar-refractivity contribution >= 4 is 0 Å². The Labute approximate surface area is 148 Å². The van der Waals surface area contributed by atoms with Gasteiger partial charge in [0.1, 0.15) is 5.75 Å². The highest BCUT2D eigenvalue weighted by molar-refractivity contribution is 5.35. The first-order valence-electron chi connectivity index (χ1n) is 9.40. The fraction of sp³-hybridized carbons (Fsp3) is 0.700. The van der Waals surface area contributed by atoms with E-state index in [2.05, 4.69) is 11.8 Å². The third-order valence-corrected chi connectivity index (χ3v) is 6.16. The fourth-order valence-corrected chi connectivity index (χ4v) is 4.10. The van der Waals surface area contributed by atoms with E-state index in [-0.39, 0.29) is 5.75 Å². The molecule has 0 N–H and O–H groups in total. The zero-order valence-electron chi connectivity index (χ0n) is 14.9. The Balaban J connectivity index is 1.40. The number of hydrogen-bond acceptors (Lipinski definition) is 2. The molecule has 0 atom stereocenters. The molecule has 25 heavy (non-hydrogen) atoms. The molecular formula is C20H28F3NO. The summed E-state index contributed by atoms with van der Waals surface area (Å²) >= 11 is 0. The van der Waals surface area contributed by atoms with Crippen LogP contribution in [0.5, 0.6) is 5.75 Å². The van der Waals surface area contributed by atoms with E-state index < -0.39 is 11.7 Å². The minimum atomic E-state index is -4.37. The monoisotopic (exact) mass is 355 g/mol. The molecule has 140 valence electrons. The molecule has 1 aliphatic heterocycles. The summed E-state index contributed by atoms with van der Waals surface area (Å²) in [6, 6.07) is 5.44. The van der Waals surface area contributed by atoms with Gasteiger partial charge in [-0.3, -0.25) is 0 Å². The van der Waals surface area contributed by atoms with Gasteiger partial charge in [-0.15, -0.1) is 0 Å². The molecule has 1 heterocycles. The smallest absolute Gasteiger partial charge is 0.419 e. The molecule has 2 fully saturated rings. The van der Waals surface area contributed by atoms with Crippen molar-refractivity contribution < 1.29 is 17.9 Å². The summed E-state index contributed by atoms with van der Waals surface area (Å²) < 4.78 is 44.2. The zero-order valence-corrected chi connectivity index (χ0v) is 14.9. The quantitative estimate of drug-likeness (QED) is 0.636. The summed E-state index contributed by atoms with van der Waals surface area (Å²) in [5.74, 6) is 0.850. The number of alkyl halides is 3. The third-order valence-electron chi connectivity index (χ3n) is 6.16. The van der Waals surface area contributed by atoms with Crippen LogP contribution in [-0.2, 0) is 6.18 Å². The van der Waals surface area contributed by atoms with Gasteiger partial charge in [-0.05, 0) is 68.7 Å². The number of benzene rings is 1. The lowest BCUT2D eigenvalue weighted by Crippen LogP contribution is -2.44. The summed E-state index contributed by atoms with van der Waals surface area (Å²) in [5, 5.41) is 0. The highest BCUT2D eigenvalue weighted by Crippen LogP contribution is 2.48. The van der Waals surface area contributed by atoms with Crippen molar-refractivity contribution in [2.45, 2.75) is 51.6 Å². The van der Waals surface area contributed by atoms with Crippen molar-refractivity contribution in [1.82, 2.24) is 4.90 Å². The van der Waals surface area contributed by atoms with Crippen molar-refractivity contribution in [3.05, 3.63) is 29.8 Å². The third kappa shape index (κ3) is 4.49. The van der Waals surface area contributed by atoms with Crippen LogP contribution in [0.1, 0.15) is 51.0 Å². The summed E-state index contributed by atoms with van der Waals surface area (Å²) in [6.45, 7) is 5.86. The minimum Gasteiger partial charge on any atom is -0.493 e. The Bertz CT molecular complexity index is 560. The lowest BCUT2D eigenvalue weighted by Gasteiger charge is -2.48. The van der Waals surface area contributed by atoms with E-state index in [1.54, 1.807) is 6.07 Å². The minimum absolute atomic E-state index is 0.0637.